The Hall–Kier alpha value is -2.47. The molecule has 1 saturated heterocycles. The molecule has 3 rings (SSSR count). The normalized spacial score (nSPS) is 16.7. The predicted molar refractivity (Wildman–Crippen MR) is 103 cm³/mol. The number of nitrogens with zero attached hydrogens (tertiary/aromatic N) is 2. The number of rotatable bonds is 9. The minimum absolute atomic E-state index is 0.0113. The lowest BCUT2D eigenvalue weighted by atomic mass is 10.2. The van der Waals surface area contributed by atoms with E-state index in [9.17, 15) is 22.8 Å². The number of alkyl halides is 3. The summed E-state index contributed by atoms with van der Waals surface area (Å²) in [4.78, 5) is 28.7. The number of ether oxygens (including phenoxy) is 2. The number of thiazole rings is 1. The molecule has 12 heteroatoms. The Labute approximate surface area is 177 Å². The average Bonchev–Trinajstić information content (AvgIpc) is 3.27. The molecule has 1 atom stereocenters. The molecule has 1 fully saturated rings. The fourth-order valence-corrected chi connectivity index (χ4v) is 4.69. The fraction of sp³-hybridized carbons (Fsp3) is 0.389. The van der Waals surface area contributed by atoms with Crippen LogP contribution in [0.4, 0.5) is 13.2 Å². The highest BCUT2D eigenvalue weighted by Gasteiger charge is 2.32. The van der Waals surface area contributed by atoms with E-state index in [1.54, 1.807) is 4.90 Å². The molecule has 30 heavy (non-hydrogen) atoms. The van der Waals surface area contributed by atoms with Gasteiger partial charge in [-0.05, 0) is 18.6 Å². The van der Waals surface area contributed by atoms with Gasteiger partial charge in [0.15, 0.2) is 10.0 Å². The van der Waals surface area contributed by atoms with Crippen molar-refractivity contribution in [3.05, 3.63) is 35.3 Å². The number of aromatic carboxylic acids is 1. The van der Waals surface area contributed by atoms with Crippen LogP contribution >= 0.6 is 23.1 Å². The second-order valence-corrected chi connectivity index (χ2v) is 8.47. The number of amides is 1. The van der Waals surface area contributed by atoms with Crippen molar-refractivity contribution < 1.29 is 37.3 Å². The maximum atomic E-state index is 12.3. The van der Waals surface area contributed by atoms with Crippen molar-refractivity contribution in [1.82, 2.24) is 9.88 Å². The third-order valence-electron chi connectivity index (χ3n) is 4.19. The molecule has 7 nitrogen and oxygen atoms in total. The number of halogens is 3. The second-order valence-electron chi connectivity index (χ2n) is 6.27. The summed E-state index contributed by atoms with van der Waals surface area (Å²) >= 11 is 2.58. The van der Waals surface area contributed by atoms with Crippen molar-refractivity contribution in [1.29, 1.82) is 0 Å². The minimum Gasteiger partial charge on any atom is -0.491 e. The number of likely N-dealkylation sites (tertiary alicyclic amines) is 1. The van der Waals surface area contributed by atoms with E-state index in [1.165, 1.54) is 46.7 Å². The van der Waals surface area contributed by atoms with E-state index in [1.807, 2.05) is 0 Å². The summed E-state index contributed by atoms with van der Waals surface area (Å²) in [6, 6.07) is 5.04. The number of carbonyl (C=O) groups is 2. The number of carboxylic acid groups (broad SMARTS) is 1. The third-order valence-corrected chi connectivity index (χ3v) is 6.20. The summed E-state index contributed by atoms with van der Waals surface area (Å²) in [5.74, 6) is -0.739. The number of hydrogen-bond donors (Lipinski definition) is 1. The molecule has 1 aliphatic heterocycles. The van der Waals surface area contributed by atoms with Gasteiger partial charge in [0.25, 0.3) is 0 Å². The lowest BCUT2D eigenvalue weighted by molar-refractivity contribution is -0.274. The lowest BCUT2D eigenvalue weighted by Crippen LogP contribution is -2.38. The zero-order chi connectivity index (χ0) is 21.7. The Morgan fingerprint density at radius 2 is 2.13 bits per heavy atom. The van der Waals surface area contributed by atoms with Crippen LogP contribution in [-0.2, 0) is 4.79 Å². The monoisotopic (exact) mass is 462 g/mol. The molecule has 2 heterocycles. The van der Waals surface area contributed by atoms with Crippen molar-refractivity contribution in [2.75, 3.05) is 18.9 Å². The zero-order valence-electron chi connectivity index (χ0n) is 15.4. The quantitative estimate of drug-likeness (QED) is 0.566. The lowest BCUT2D eigenvalue weighted by Gasteiger charge is -2.24. The molecular formula is C18H17F3N2O5S2. The highest BCUT2D eigenvalue weighted by Crippen LogP contribution is 2.28. The zero-order valence-corrected chi connectivity index (χ0v) is 17.1. The number of hydrogen-bond acceptors (Lipinski definition) is 7. The Kier molecular flexibility index (Phi) is 7.08. The number of aromatic nitrogens is 1. The van der Waals surface area contributed by atoms with Crippen LogP contribution in [0.25, 0.3) is 0 Å². The highest BCUT2D eigenvalue weighted by molar-refractivity contribution is 8.01. The molecular weight excluding hydrogens is 445 g/mol. The van der Waals surface area contributed by atoms with E-state index in [2.05, 4.69) is 9.72 Å². The summed E-state index contributed by atoms with van der Waals surface area (Å²) in [7, 11) is 0. The van der Waals surface area contributed by atoms with E-state index < -0.39 is 12.3 Å². The highest BCUT2D eigenvalue weighted by atomic mass is 32.2. The molecule has 162 valence electrons. The van der Waals surface area contributed by atoms with Gasteiger partial charge in [0.1, 0.15) is 18.1 Å². The largest absolute Gasteiger partial charge is 0.573 e. The summed E-state index contributed by atoms with van der Waals surface area (Å²) in [5.41, 5.74) is -0.0113. The minimum atomic E-state index is -4.78. The van der Waals surface area contributed by atoms with Gasteiger partial charge >= 0.3 is 12.3 Å². The van der Waals surface area contributed by atoms with E-state index in [4.69, 9.17) is 9.84 Å². The maximum Gasteiger partial charge on any atom is 0.573 e. The van der Waals surface area contributed by atoms with Gasteiger partial charge in [-0.15, -0.1) is 24.5 Å². The van der Waals surface area contributed by atoms with Crippen molar-refractivity contribution >= 4 is 35.0 Å². The molecule has 0 spiro atoms. The first kappa shape index (κ1) is 22.2. The molecule has 0 bridgehead atoms. The van der Waals surface area contributed by atoms with Gasteiger partial charge in [-0.1, -0.05) is 17.8 Å². The van der Waals surface area contributed by atoms with E-state index in [0.717, 1.165) is 6.07 Å². The van der Waals surface area contributed by atoms with Crippen molar-refractivity contribution in [2.45, 2.75) is 29.6 Å². The molecule has 1 aromatic carbocycles. The predicted octanol–water partition coefficient (Wildman–Crippen LogP) is 3.90. The molecule has 1 unspecified atom stereocenters. The number of thioether (sulfide) groups is 1. The van der Waals surface area contributed by atoms with Gasteiger partial charge in [-0.2, -0.15) is 0 Å². The van der Waals surface area contributed by atoms with E-state index >= 15 is 0 Å². The topological polar surface area (TPSA) is 89.0 Å². The van der Waals surface area contributed by atoms with Crippen molar-refractivity contribution in [3.63, 3.8) is 0 Å². The fourth-order valence-electron chi connectivity index (χ4n) is 2.88. The number of benzene rings is 1. The van der Waals surface area contributed by atoms with Crippen molar-refractivity contribution in [3.8, 4) is 11.5 Å². The molecule has 1 aromatic heterocycles. The van der Waals surface area contributed by atoms with E-state index in [0.29, 0.717) is 29.5 Å². The Bertz CT molecular complexity index is 906. The van der Waals surface area contributed by atoms with Gasteiger partial charge in [0.2, 0.25) is 5.91 Å². The van der Waals surface area contributed by atoms with Gasteiger partial charge in [-0.25, -0.2) is 9.78 Å². The van der Waals surface area contributed by atoms with Crippen LogP contribution < -0.4 is 9.47 Å². The van der Waals surface area contributed by atoms with Crippen LogP contribution in [0.3, 0.4) is 0 Å². The first-order valence-electron chi connectivity index (χ1n) is 8.81. The SMILES string of the molecule is O=C(O)c1csc(SCCN2C(=O)CCC2COc2cccc(OC(F)(F)F)c2)n1. The standard InChI is InChI=1S/C18H17F3N2O5S2/c19-18(20,21)28-13-3-1-2-12(8-13)27-9-11-4-5-15(24)23(11)6-7-29-17-22-14(10-30-17)16(25)26/h1-3,8,10-11H,4-7,9H2,(H,25,26). The van der Waals surface area contributed by atoms with Gasteiger partial charge < -0.3 is 19.5 Å². The van der Waals surface area contributed by atoms with Crippen LogP contribution in [0, 0.1) is 0 Å². The van der Waals surface area contributed by atoms with E-state index in [-0.39, 0.29) is 35.7 Å². The average molecular weight is 462 g/mol. The Morgan fingerprint density at radius 1 is 1.37 bits per heavy atom. The first-order valence-corrected chi connectivity index (χ1v) is 10.7. The number of carbonyl (C=O) groups excluding carboxylic acids is 1. The summed E-state index contributed by atoms with van der Waals surface area (Å²) in [5, 5.41) is 10.4. The smallest absolute Gasteiger partial charge is 0.491 e. The van der Waals surface area contributed by atoms with Crippen LogP contribution in [0.5, 0.6) is 11.5 Å². The Balaban J connectivity index is 1.51. The molecule has 0 aliphatic carbocycles. The van der Waals surface area contributed by atoms with Crippen LogP contribution in [-0.4, -0.2) is 58.2 Å². The summed E-state index contributed by atoms with van der Waals surface area (Å²) in [6.45, 7) is 0.572. The molecule has 1 amide bonds. The maximum absolute atomic E-state index is 12.3. The molecule has 1 aliphatic rings. The van der Waals surface area contributed by atoms with Crippen molar-refractivity contribution in [2.24, 2.45) is 0 Å². The van der Waals surface area contributed by atoms with Crippen LogP contribution in [0.15, 0.2) is 34.0 Å². The summed E-state index contributed by atoms with van der Waals surface area (Å²) in [6.07, 6.45) is -3.83. The molecule has 0 saturated carbocycles. The molecule has 0 radical (unpaired) electrons. The molecule has 2 aromatic rings. The van der Waals surface area contributed by atoms with Crippen LogP contribution in [0.1, 0.15) is 23.3 Å². The van der Waals surface area contributed by atoms with Crippen LogP contribution in [0.2, 0.25) is 0 Å². The first-order chi connectivity index (χ1) is 14.2. The second kappa shape index (κ2) is 9.56. The van der Waals surface area contributed by atoms with Gasteiger partial charge in [0.05, 0.1) is 6.04 Å². The Morgan fingerprint density at radius 3 is 2.83 bits per heavy atom. The summed E-state index contributed by atoms with van der Waals surface area (Å²) < 4.78 is 47.1. The third kappa shape index (κ3) is 6.26. The number of carboxylic acids is 1. The van der Waals surface area contributed by atoms with Gasteiger partial charge in [-0.3, -0.25) is 4.79 Å². The molecule has 1 N–H and O–H groups in total. The van der Waals surface area contributed by atoms with Gasteiger partial charge in [0, 0.05) is 30.2 Å².